The zero-order valence-electron chi connectivity index (χ0n) is 1.80. The van der Waals surface area contributed by atoms with E-state index < -0.39 is 9.17 Å². The third-order valence-corrected chi connectivity index (χ3v) is 0. The maximum absolute atomic E-state index is 8.74. The van der Waals surface area contributed by atoms with E-state index in [-0.39, 0.29) is 91.8 Å². The maximum Gasteiger partial charge on any atom is 0.316 e. The van der Waals surface area contributed by atoms with Crippen LogP contribution in [0.1, 0.15) is 0 Å². The summed E-state index contributed by atoms with van der Waals surface area (Å²) in [7, 11) is -3.13. The third kappa shape index (κ3) is 56.4. The summed E-state index contributed by atoms with van der Waals surface area (Å²) in [5, 5.41) is 0. The van der Waals surface area contributed by atoms with Gasteiger partial charge in [0.1, 0.15) is 0 Å². The van der Waals surface area contributed by atoms with Crippen molar-refractivity contribution in [2.24, 2.45) is 0 Å². The molecule has 0 atom stereocenters. The van der Waals surface area contributed by atoms with Crippen LogP contribution in [0.15, 0.2) is 0 Å². The molecule has 3 nitrogen and oxygen atoms in total. The second-order valence-electron chi connectivity index (χ2n) is 0.283. The van der Waals surface area contributed by atoms with Crippen molar-refractivity contribution < 1.29 is 14.1 Å². The van der Waals surface area contributed by atoms with Crippen LogP contribution in [0.25, 0.3) is 0 Å². The normalized spacial score (nSPS) is 3.43. The summed E-state index contributed by atoms with van der Waals surface area (Å²) in [4.78, 5) is 14.3. The van der Waals surface area contributed by atoms with Gasteiger partial charge in [-0.05, 0) is 0 Å². The van der Waals surface area contributed by atoms with Gasteiger partial charge in [0.05, 0.1) is 0 Å². The van der Waals surface area contributed by atoms with Crippen LogP contribution in [-0.4, -0.2) is 111 Å². The molecule has 7 heteroatoms. The standard InChI is InChI=1S/Al.K.Mg.H2O3Si.6H/c;;;1-4(2)3;;;;;;/h;;;1-2H;;;;;;. The predicted molar refractivity (Wildman–Crippen MR) is 36.5 cm³/mol. The number of hydrogen-bond acceptors (Lipinski definition) is 1. The molecule has 0 aromatic heterocycles. The van der Waals surface area contributed by atoms with Crippen LogP contribution >= 0.6 is 0 Å². The summed E-state index contributed by atoms with van der Waals surface area (Å²) in [6.07, 6.45) is 0. The SMILES string of the molecule is O=[Si](O)O.[AlH3].[KH].[MgH2]. The van der Waals surface area contributed by atoms with Crippen LogP contribution in [0.3, 0.4) is 0 Å². The zero-order chi connectivity index (χ0) is 3.58. The van der Waals surface area contributed by atoms with Gasteiger partial charge in [0, 0.05) is 0 Å². The molecule has 0 fully saturated rings. The van der Waals surface area contributed by atoms with Gasteiger partial charge < -0.3 is 9.59 Å². The van der Waals surface area contributed by atoms with E-state index in [1.807, 2.05) is 0 Å². The Morgan fingerprint density at radius 2 is 1.29 bits per heavy atom. The Hall–Kier alpha value is 2.55. The largest absolute Gasteiger partial charge is 0.316 e. The third-order valence-electron chi connectivity index (χ3n) is 0. The van der Waals surface area contributed by atoms with Gasteiger partial charge in [0.25, 0.3) is 0 Å². The molecule has 0 saturated carbocycles. The minimum Gasteiger partial charge on any atom is 0.316 e. The van der Waals surface area contributed by atoms with Crippen LogP contribution in [-0.2, 0) is 4.46 Å². The minimum absolute atomic E-state index is 0. The first-order chi connectivity index (χ1) is 1.73. The van der Waals surface area contributed by atoms with E-state index in [1.165, 1.54) is 0 Å². The topological polar surface area (TPSA) is 57.5 Å². The number of hydrogen-bond donors (Lipinski definition) is 2. The molecule has 0 unspecified atom stereocenters. The molecule has 2 N–H and O–H groups in total. The molecule has 36 valence electrons. The summed E-state index contributed by atoms with van der Waals surface area (Å²) in [5.41, 5.74) is 0. The van der Waals surface area contributed by atoms with Crippen molar-refractivity contribution in [2.45, 2.75) is 0 Å². The molecule has 0 rings (SSSR count). The number of rotatable bonds is 0. The summed E-state index contributed by atoms with van der Waals surface area (Å²) >= 11 is 0. The van der Waals surface area contributed by atoms with Gasteiger partial charge >= 0.3 is 83.6 Å². The van der Waals surface area contributed by atoms with Gasteiger partial charge in [0.2, 0.25) is 0 Å². The fourth-order valence-corrected chi connectivity index (χ4v) is 0. The predicted octanol–water partition coefficient (Wildman–Crippen LogP) is -4.36. The van der Waals surface area contributed by atoms with E-state index in [0.29, 0.717) is 0 Å². The van der Waals surface area contributed by atoms with Crippen molar-refractivity contribution in [1.29, 1.82) is 0 Å². The van der Waals surface area contributed by atoms with E-state index in [0.717, 1.165) is 0 Å². The average molecular weight is 175 g/mol. The van der Waals surface area contributed by atoms with E-state index in [4.69, 9.17) is 14.1 Å². The monoisotopic (exact) mass is 174 g/mol. The second-order valence-corrected chi connectivity index (χ2v) is 0.848. The second kappa shape index (κ2) is 15.8. The summed E-state index contributed by atoms with van der Waals surface area (Å²) in [5.74, 6) is 0. The van der Waals surface area contributed by atoms with Gasteiger partial charge in [-0.3, -0.25) is 4.46 Å². The molecule has 0 heterocycles. The van der Waals surface area contributed by atoms with Crippen LogP contribution in [0, 0.1) is 0 Å². The van der Waals surface area contributed by atoms with Crippen LogP contribution in [0.2, 0.25) is 0 Å². The van der Waals surface area contributed by atoms with Crippen LogP contribution in [0.4, 0.5) is 0 Å². The van der Waals surface area contributed by atoms with Gasteiger partial charge in [-0.1, -0.05) is 0 Å². The van der Waals surface area contributed by atoms with Crippen molar-refractivity contribution >= 4 is 101 Å². The fraction of sp³-hybridized carbons (Fsp3) is 0. The van der Waals surface area contributed by atoms with E-state index in [9.17, 15) is 0 Å². The molecule has 0 amide bonds. The van der Waals surface area contributed by atoms with Crippen molar-refractivity contribution in [3.8, 4) is 0 Å². The Morgan fingerprint density at radius 1 is 1.29 bits per heavy atom. The zero-order valence-corrected chi connectivity index (χ0v) is 2.80. The summed E-state index contributed by atoms with van der Waals surface area (Å²) in [6, 6.07) is 0. The van der Waals surface area contributed by atoms with Crippen molar-refractivity contribution in [2.75, 3.05) is 0 Å². The van der Waals surface area contributed by atoms with Crippen molar-refractivity contribution in [1.82, 2.24) is 0 Å². The van der Waals surface area contributed by atoms with E-state index in [2.05, 4.69) is 0 Å². The van der Waals surface area contributed by atoms with E-state index in [1.54, 1.807) is 0 Å². The first-order valence-electron chi connectivity index (χ1n) is 0.651. The molecule has 0 spiro atoms. The molecule has 0 aromatic carbocycles. The fourth-order valence-electron chi connectivity index (χ4n) is 0. The van der Waals surface area contributed by atoms with Crippen molar-refractivity contribution in [3.05, 3.63) is 0 Å². The quantitative estimate of drug-likeness (QED) is 0.365. The molecule has 0 aliphatic carbocycles. The summed E-state index contributed by atoms with van der Waals surface area (Å²) in [6.45, 7) is 0. The minimum atomic E-state index is -3.13. The van der Waals surface area contributed by atoms with Gasteiger partial charge in [-0.25, -0.2) is 0 Å². The molecule has 7 heavy (non-hydrogen) atoms. The van der Waals surface area contributed by atoms with Gasteiger partial charge in [0.15, 0.2) is 17.4 Å². The average Bonchev–Trinajstić information content (AvgIpc) is 0.811. The smallest absolute Gasteiger partial charge is 0.316 e. The van der Waals surface area contributed by atoms with E-state index >= 15 is 0 Å². The van der Waals surface area contributed by atoms with Gasteiger partial charge in [-0.15, -0.1) is 0 Å². The molecular weight excluding hydrogens is 166 g/mol. The summed E-state index contributed by atoms with van der Waals surface area (Å²) < 4.78 is 8.74. The van der Waals surface area contributed by atoms with Crippen molar-refractivity contribution in [3.63, 3.8) is 0 Å². The Bertz CT molecular complexity index is 37.9. The molecule has 0 radical (unpaired) electrons. The Morgan fingerprint density at radius 3 is 1.29 bits per heavy atom. The molecule has 0 bridgehead atoms. The molecule has 0 saturated heterocycles. The molecule has 0 aliphatic rings. The molecule has 0 aromatic rings. The maximum atomic E-state index is 8.74. The Balaban J connectivity index is -0.0000000150. The van der Waals surface area contributed by atoms with Gasteiger partial charge in [-0.2, -0.15) is 0 Å². The van der Waals surface area contributed by atoms with Crippen LogP contribution in [0.5, 0.6) is 0 Å². The first kappa shape index (κ1) is 22.7. The Labute approximate surface area is 112 Å². The molecule has 0 aliphatic heterocycles. The Kier molecular flexibility index (Phi) is 51.2. The molecular formula is H8AlKMgO3Si. The van der Waals surface area contributed by atoms with Crippen LogP contribution < -0.4 is 0 Å². The first-order valence-corrected chi connectivity index (χ1v) is 1.95.